The summed E-state index contributed by atoms with van der Waals surface area (Å²) < 4.78 is 7.26. The molecule has 0 unspecified atom stereocenters. The number of hydroxylamine groups is 1. The highest BCUT2D eigenvalue weighted by Gasteiger charge is 2.23. The molecule has 1 fully saturated rings. The van der Waals surface area contributed by atoms with Gasteiger partial charge in [0.05, 0.1) is 19.2 Å². The summed E-state index contributed by atoms with van der Waals surface area (Å²) in [5.74, 6) is 2.69. The van der Waals surface area contributed by atoms with Gasteiger partial charge in [0, 0.05) is 58.2 Å². The van der Waals surface area contributed by atoms with Gasteiger partial charge in [-0.2, -0.15) is 0 Å². The van der Waals surface area contributed by atoms with Crippen LogP contribution < -0.4 is 25.3 Å². The highest BCUT2D eigenvalue weighted by molar-refractivity contribution is 5.92. The molecule has 4 aromatic rings. The number of nitrogens with zero attached hydrogens (tertiary/aromatic N) is 8. The SMILES string of the molecule is COc1ccc(-c2nc(N3CCNCC3)c3nc(CN(C)c4ncc(C(=O)NO)cn4)n(C)c3n2)cc1. The molecule has 3 N–H and O–H groups in total. The number of methoxy groups -OCH3 is 1. The number of imidazole rings is 1. The van der Waals surface area contributed by atoms with E-state index in [1.807, 2.05) is 47.8 Å². The number of benzene rings is 1. The lowest BCUT2D eigenvalue weighted by Crippen LogP contribution is -2.44. The zero-order valence-electron chi connectivity index (χ0n) is 20.8. The van der Waals surface area contributed by atoms with Crippen molar-refractivity contribution in [1.82, 2.24) is 40.3 Å². The Morgan fingerprint density at radius 1 is 1.14 bits per heavy atom. The molecule has 0 aliphatic carbocycles. The molecule has 1 amide bonds. The first-order valence-corrected chi connectivity index (χ1v) is 11.8. The molecule has 0 spiro atoms. The Kier molecular flexibility index (Phi) is 6.79. The van der Waals surface area contributed by atoms with Gasteiger partial charge in [-0.25, -0.2) is 30.4 Å². The van der Waals surface area contributed by atoms with Crippen molar-refractivity contribution < 1.29 is 14.7 Å². The zero-order chi connectivity index (χ0) is 25.9. The number of carbonyl (C=O) groups is 1. The van der Waals surface area contributed by atoms with E-state index in [0.717, 1.165) is 60.3 Å². The van der Waals surface area contributed by atoms with E-state index in [0.29, 0.717) is 18.3 Å². The number of carbonyl (C=O) groups excluding carboxylic acids is 1. The van der Waals surface area contributed by atoms with Crippen LogP contribution in [0.25, 0.3) is 22.6 Å². The average molecular weight is 505 g/mol. The highest BCUT2D eigenvalue weighted by Crippen LogP contribution is 2.29. The van der Waals surface area contributed by atoms with E-state index in [9.17, 15) is 4.79 Å². The Hall–Kier alpha value is -4.36. The normalized spacial score (nSPS) is 13.6. The van der Waals surface area contributed by atoms with Crippen LogP contribution in [0.3, 0.4) is 0 Å². The lowest BCUT2D eigenvalue weighted by Gasteiger charge is -2.28. The van der Waals surface area contributed by atoms with Crippen molar-refractivity contribution in [2.24, 2.45) is 7.05 Å². The van der Waals surface area contributed by atoms with Crippen molar-refractivity contribution in [3.8, 4) is 17.1 Å². The van der Waals surface area contributed by atoms with Gasteiger partial charge in [-0.05, 0) is 24.3 Å². The monoisotopic (exact) mass is 504 g/mol. The number of aromatic nitrogens is 6. The summed E-state index contributed by atoms with van der Waals surface area (Å²) in [7, 11) is 5.41. The summed E-state index contributed by atoms with van der Waals surface area (Å²) >= 11 is 0. The summed E-state index contributed by atoms with van der Waals surface area (Å²) in [6.45, 7) is 3.78. The van der Waals surface area contributed by atoms with Crippen LogP contribution in [0.2, 0.25) is 0 Å². The number of fused-ring (bicyclic) bond motifs is 1. The number of piperazine rings is 1. The van der Waals surface area contributed by atoms with E-state index in [1.54, 1.807) is 12.6 Å². The molecule has 3 aromatic heterocycles. The lowest BCUT2D eigenvalue weighted by atomic mass is 10.2. The van der Waals surface area contributed by atoms with Gasteiger partial charge >= 0.3 is 0 Å². The molecule has 13 nitrogen and oxygen atoms in total. The number of nitrogens with one attached hydrogen (secondary N) is 2. The second kappa shape index (κ2) is 10.3. The van der Waals surface area contributed by atoms with Crippen LogP contribution in [-0.4, -0.2) is 80.9 Å². The molecular weight excluding hydrogens is 476 g/mol. The van der Waals surface area contributed by atoms with Crippen molar-refractivity contribution in [2.75, 3.05) is 50.1 Å². The first-order valence-electron chi connectivity index (χ1n) is 11.8. The van der Waals surface area contributed by atoms with Crippen molar-refractivity contribution in [3.63, 3.8) is 0 Å². The molecule has 4 heterocycles. The standard InChI is InChI=1S/C24H28N10O3/c1-32(24-26-12-16(13-27-24)23(35)31-36)14-18-28-19-21(33(18)2)29-20(15-4-6-17(37-3)7-5-15)30-22(19)34-10-8-25-9-11-34/h4-7,12-13,25,36H,8-11,14H2,1-3H3,(H,31,35). The van der Waals surface area contributed by atoms with E-state index in [-0.39, 0.29) is 5.56 Å². The largest absolute Gasteiger partial charge is 0.497 e. The number of aryl methyl sites for hydroxylation is 1. The first kappa shape index (κ1) is 24.3. The van der Waals surface area contributed by atoms with E-state index in [1.165, 1.54) is 12.4 Å². The average Bonchev–Trinajstić information content (AvgIpc) is 3.27. The molecule has 0 saturated carbocycles. The van der Waals surface area contributed by atoms with Gasteiger partial charge in [-0.3, -0.25) is 10.0 Å². The number of ether oxygens (including phenoxy) is 1. The van der Waals surface area contributed by atoms with Crippen LogP contribution in [0.4, 0.5) is 11.8 Å². The summed E-state index contributed by atoms with van der Waals surface area (Å²) in [6, 6.07) is 7.69. The summed E-state index contributed by atoms with van der Waals surface area (Å²) in [5, 5.41) is 12.2. The van der Waals surface area contributed by atoms with Gasteiger partial charge < -0.3 is 24.4 Å². The predicted molar refractivity (Wildman–Crippen MR) is 137 cm³/mol. The van der Waals surface area contributed by atoms with Gasteiger partial charge in [0.25, 0.3) is 5.91 Å². The Morgan fingerprint density at radius 2 is 1.84 bits per heavy atom. The van der Waals surface area contributed by atoms with Crippen LogP contribution in [0, 0.1) is 0 Å². The maximum atomic E-state index is 11.6. The number of anilines is 2. The number of hydrogen-bond donors (Lipinski definition) is 3. The molecule has 0 atom stereocenters. The fourth-order valence-electron chi connectivity index (χ4n) is 4.18. The molecule has 1 aliphatic heterocycles. The Bertz CT molecular complexity index is 1400. The highest BCUT2D eigenvalue weighted by atomic mass is 16.5. The second-order valence-corrected chi connectivity index (χ2v) is 8.66. The zero-order valence-corrected chi connectivity index (χ0v) is 20.8. The smallest absolute Gasteiger partial charge is 0.277 e. The maximum absolute atomic E-state index is 11.6. The molecule has 0 radical (unpaired) electrons. The Morgan fingerprint density at radius 3 is 2.49 bits per heavy atom. The van der Waals surface area contributed by atoms with Crippen LogP contribution in [-0.2, 0) is 13.6 Å². The van der Waals surface area contributed by atoms with E-state index in [4.69, 9.17) is 24.9 Å². The summed E-state index contributed by atoms with van der Waals surface area (Å²) in [4.78, 5) is 38.9. The van der Waals surface area contributed by atoms with Crippen LogP contribution in [0.5, 0.6) is 5.75 Å². The molecule has 13 heteroatoms. The topological polar surface area (TPSA) is 146 Å². The van der Waals surface area contributed by atoms with E-state index >= 15 is 0 Å². The van der Waals surface area contributed by atoms with Gasteiger partial charge in [-0.1, -0.05) is 0 Å². The van der Waals surface area contributed by atoms with Crippen molar-refractivity contribution in [2.45, 2.75) is 6.54 Å². The Balaban J connectivity index is 1.52. The maximum Gasteiger partial charge on any atom is 0.277 e. The fourth-order valence-corrected chi connectivity index (χ4v) is 4.18. The lowest BCUT2D eigenvalue weighted by molar-refractivity contribution is 0.0705. The quantitative estimate of drug-likeness (QED) is 0.245. The molecule has 1 saturated heterocycles. The van der Waals surface area contributed by atoms with E-state index in [2.05, 4.69) is 20.2 Å². The van der Waals surface area contributed by atoms with Gasteiger partial charge in [0.15, 0.2) is 22.8 Å². The second-order valence-electron chi connectivity index (χ2n) is 8.66. The minimum Gasteiger partial charge on any atom is -0.497 e. The van der Waals surface area contributed by atoms with Crippen molar-refractivity contribution in [3.05, 3.63) is 48.0 Å². The molecule has 1 aromatic carbocycles. The Labute approximate surface area is 213 Å². The van der Waals surface area contributed by atoms with E-state index < -0.39 is 5.91 Å². The minimum atomic E-state index is -0.670. The summed E-state index contributed by atoms with van der Waals surface area (Å²) in [6.07, 6.45) is 2.71. The number of amides is 1. The van der Waals surface area contributed by atoms with Crippen LogP contribution in [0.1, 0.15) is 16.2 Å². The number of hydrogen-bond acceptors (Lipinski definition) is 11. The molecule has 1 aliphatic rings. The minimum absolute atomic E-state index is 0.157. The summed E-state index contributed by atoms with van der Waals surface area (Å²) in [5.41, 5.74) is 4.09. The molecule has 192 valence electrons. The third kappa shape index (κ3) is 4.86. The predicted octanol–water partition coefficient (Wildman–Crippen LogP) is 0.994. The van der Waals surface area contributed by atoms with Crippen molar-refractivity contribution in [1.29, 1.82) is 0 Å². The molecule has 5 rings (SSSR count). The van der Waals surface area contributed by atoms with Gasteiger partial charge in [-0.15, -0.1) is 0 Å². The first-order chi connectivity index (χ1) is 18.0. The van der Waals surface area contributed by atoms with Crippen LogP contribution in [0.15, 0.2) is 36.7 Å². The third-order valence-corrected chi connectivity index (χ3v) is 6.28. The molecule has 37 heavy (non-hydrogen) atoms. The molecule has 0 bridgehead atoms. The van der Waals surface area contributed by atoms with Gasteiger partial charge in [0.1, 0.15) is 11.6 Å². The van der Waals surface area contributed by atoms with Crippen LogP contribution >= 0.6 is 0 Å². The van der Waals surface area contributed by atoms with Crippen molar-refractivity contribution >= 4 is 28.8 Å². The molecular formula is C24H28N10O3. The fraction of sp³-hybridized carbons (Fsp3) is 0.333. The third-order valence-electron chi connectivity index (χ3n) is 6.28. The number of rotatable bonds is 7. The van der Waals surface area contributed by atoms with Gasteiger partial charge in [0.2, 0.25) is 5.95 Å².